The van der Waals surface area contributed by atoms with E-state index in [2.05, 4.69) is 16.4 Å². The molecule has 0 saturated heterocycles. The second-order valence-corrected chi connectivity index (χ2v) is 11.3. The third-order valence-electron chi connectivity index (χ3n) is 7.41. The zero-order chi connectivity index (χ0) is 22.5. The molecular weight excluding hydrogens is 454 g/mol. The molecule has 1 aromatic carbocycles. The number of carbonyl (C=O) groups is 1. The van der Waals surface area contributed by atoms with Crippen molar-refractivity contribution in [1.82, 2.24) is 9.55 Å². The molecule has 2 aliphatic carbocycles. The lowest BCUT2D eigenvalue weighted by Gasteiger charge is -2.40. The number of methoxy groups -OCH3 is 1. The van der Waals surface area contributed by atoms with Crippen molar-refractivity contribution in [2.24, 2.45) is 17.8 Å². The van der Waals surface area contributed by atoms with Gasteiger partial charge in [-0.15, -0.1) is 11.8 Å². The number of benzene rings is 1. The Labute approximate surface area is 200 Å². The van der Waals surface area contributed by atoms with Crippen LogP contribution in [0, 0.1) is 17.8 Å². The van der Waals surface area contributed by atoms with Crippen LogP contribution < -0.4 is 14.9 Å². The van der Waals surface area contributed by atoms with E-state index in [9.17, 15) is 9.59 Å². The third kappa shape index (κ3) is 3.60. The maximum atomic E-state index is 13.1. The molecule has 2 aromatic heterocycles. The molecule has 2 saturated carbocycles. The molecule has 5 unspecified atom stereocenters. The van der Waals surface area contributed by atoms with E-state index in [4.69, 9.17) is 4.74 Å². The van der Waals surface area contributed by atoms with Crippen LogP contribution in [0.3, 0.4) is 0 Å². The Kier molecular flexibility index (Phi) is 5.30. The summed E-state index contributed by atoms with van der Waals surface area (Å²) in [4.78, 5) is 31.4. The third-order valence-corrected chi connectivity index (χ3v) is 10.2. The molecule has 3 aromatic rings. The molecule has 0 radical (unpaired) electrons. The first kappa shape index (κ1) is 21.0. The minimum atomic E-state index is -0.198. The van der Waals surface area contributed by atoms with Crippen LogP contribution in [0.4, 0.5) is 5.69 Å². The average Bonchev–Trinajstić information content (AvgIpc) is 3.53. The number of nitrogens with zero attached hydrogens (tertiary/aromatic N) is 2. The molecule has 0 spiro atoms. The van der Waals surface area contributed by atoms with Crippen molar-refractivity contribution >= 4 is 34.7 Å². The number of aromatic nitrogens is 2. The highest BCUT2D eigenvalue weighted by Crippen LogP contribution is 2.63. The summed E-state index contributed by atoms with van der Waals surface area (Å²) in [5.41, 5.74) is 1.88. The Morgan fingerprint density at radius 1 is 1.21 bits per heavy atom. The van der Waals surface area contributed by atoms with Gasteiger partial charge in [-0.3, -0.25) is 19.1 Å². The first-order valence-corrected chi connectivity index (χ1v) is 13.1. The van der Waals surface area contributed by atoms with Crippen molar-refractivity contribution < 1.29 is 9.53 Å². The molecule has 33 heavy (non-hydrogen) atoms. The normalized spacial score (nSPS) is 27.1. The Bertz CT molecular complexity index is 1240. The summed E-state index contributed by atoms with van der Waals surface area (Å²) in [6.45, 7) is 0.0228. The molecule has 8 heteroatoms. The number of hydrogen-bond acceptors (Lipinski definition) is 6. The van der Waals surface area contributed by atoms with Gasteiger partial charge in [0.25, 0.3) is 0 Å². The Balaban J connectivity index is 1.33. The Morgan fingerprint density at radius 2 is 2.03 bits per heavy atom. The molecule has 1 amide bonds. The number of pyridine rings is 1. The lowest BCUT2D eigenvalue weighted by Crippen LogP contribution is -2.34. The number of thiazole rings is 1. The minimum absolute atomic E-state index is 0.0228. The SMILES string of the molecule is COc1ccc(NC(=O)Cn2c3c(sc2=O)C(c2cccnc2)C2C4CCC(C4)C2S3)cc1. The quantitative estimate of drug-likeness (QED) is 0.579. The summed E-state index contributed by atoms with van der Waals surface area (Å²) >= 11 is 3.16. The highest BCUT2D eigenvalue weighted by atomic mass is 32.2. The van der Waals surface area contributed by atoms with Crippen molar-refractivity contribution in [2.45, 2.75) is 42.0 Å². The summed E-state index contributed by atoms with van der Waals surface area (Å²) in [6.07, 6.45) is 7.62. The van der Waals surface area contributed by atoms with Gasteiger partial charge in [-0.1, -0.05) is 17.4 Å². The van der Waals surface area contributed by atoms with Gasteiger partial charge in [0.15, 0.2) is 0 Å². The van der Waals surface area contributed by atoms with Gasteiger partial charge in [-0.2, -0.15) is 0 Å². The summed E-state index contributed by atoms with van der Waals surface area (Å²) < 4.78 is 6.86. The van der Waals surface area contributed by atoms with Crippen LogP contribution in [0.5, 0.6) is 5.75 Å². The number of hydrogen-bond donors (Lipinski definition) is 1. The highest BCUT2D eigenvalue weighted by molar-refractivity contribution is 8.00. The molecule has 6 nitrogen and oxygen atoms in total. The van der Waals surface area contributed by atoms with Gasteiger partial charge in [0, 0.05) is 34.1 Å². The zero-order valence-electron chi connectivity index (χ0n) is 18.3. The van der Waals surface area contributed by atoms with E-state index < -0.39 is 0 Å². The van der Waals surface area contributed by atoms with Crippen LogP contribution in [0.15, 0.2) is 58.6 Å². The molecule has 1 aliphatic heterocycles. The van der Waals surface area contributed by atoms with E-state index in [1.807, 2.05) is 24.0 Å². The summed E-state index contributed by atoms with van der Waals surface area (Å²) in [7, 11) is 1.61. The van der Waals surface area contributed by atoms with Gasteiger partial charge < -0.3 is 10.1 Å². The highest BCUT2D eigenvalue weighted by Gasteiger charge is 2.55. The Hall–Kier alpha value is -2.58. The minimum Gasteiger partial charge on any atom is -0.497 e. The van der Waals surface area contributed by atoms with Gasteiger partial charge in [-0.25, -0.2) is 0 Å². The lowest BCUT2D eigenvalue weighted by atomic mass is 9.75. The van der Waals surface area contributed by atoms with Crippen LogP contribution in [0.2, 0.25) is 0 Å². The molecule has 3 aliphatic rings. The fourth-order valence-electron chi connectivity index (χ4n) is 6.04. The van der Waals surface area contributed by atoms with Crippen LogP contribution in [0.25, 0.3) is 0 Å². The summed E-state index contributed by atoms with van der Waals surface area (Å²) in [5, 5.41) is 4.40. The van der Waals surface area contributed by atoms with Crippen molar-refractivity contribution in [3.8, 4) is 5.75 Å². The lowest BCUT2D eigenvalue weighted by molar-refractivity contribution is -0.116. The number of rotatable bonds is 5. The molecule has 5 atom stereocenters. The number of thioether (sulfide) groups is 1. The number of amides is 1. The molecular formula is C25H25N3O3S2. The maximum absolute atomic E-state index is 13.1. The van der Waals surface area contributed by atoms with Crippen LogP contribution in [0.1, 0.15) is 35.6 Å². The van der Waals surface area contributed by atoms with Crippen LogP contribution in [-0.4, -0.2) is 27.8 Å². The van der Waals surface area contributed by atoms with E-state index in [0.717, 1.165) is 21.6 Å². The fourth-order valence-corrected chi connectivity index (χ4v) is 9.19. The molecule has 170 valence electrons. The monoisotopic (exact) mass is 479 g/mol. The van der Waals surface area contributed by atoms with Gasteiger partial charge in [-0.05, 0) is 72.9 Å². The van der Waals surface area contributed by atoms with E-state index in [-0.39, 0.29) is 23.2 Å². The molecule has 1 N–H and O–H groups in total. The van der Waals surface area contributed by atoms with Gasteiger partial charge >= 0.3 is 4.87 Å². The van der Waals surface area contributed by atoms with E-state index in [1.54, 1.807) is 42.1 Å². The maximum Gasteiger partial charge on any atom is 0.308 e. The number of anilines is 1. The van der Waals surface area contributed by atoms with Crippen LogP contribution in [-0.2, 0) is 11.3 Å². The van der Waals surface area contributed by atoms with Gasteiger partial charge in [0.05, 0.1) is 12.1 Å². The number of carbonyl (C=O) groups excluding carboxylic acids is 1. The van der Waals surface area contributed by atoms with Crippen molar-refractivity contribution in [3.05, 3.63) is 68.9 Å². The number of fused-ring (bicyclic) bond motifs is 6. The number of ether oxygens (including phenoxy) is 1. The largest absolute Gasteiger partial charge is 0.497 e. The first-order chi connectivity index (χ1) is 16.1. The van der Waals surface area contributed by atoms with Crippen molar-refractivity contribution in [2.75, 3.05) is 12.4 Å². The first-order valence-electron chi connectivity index (χ1n) is 11.4. The topological polar surface area (TPSA) is 73.2 Å². The predicted octanol–water partition coefficient (Wildman–Crippen LogP) is 4.60. The second kappa shape index (κ2) is 8.33. The second-order valence-electron chi connectivity index (χ2n) is 9.16. The van der Waals surface area contributed by atoms with E-state index in [0.29, 0.717) is 22.8 Å². The zero-order valence-corrected chi connectivity index (χ0v) is 19.9. The average molecular weight is 480 g/mol. The smallest absolute Gasteiger partial charge is 0.308 e. The van der Waals surface area contributed by atoms with Crippen molar-refractivity contribution in [1.29, 1.82) is 0 Å². The molecule has 3 heterocycles. The predicted molar refractivity (Wildman–Crippen MR) is 130 cm³/mol. The Morgan fingerprint density at radius 3 is 2.79 bits per heavy atom. The van der Waals surface area contributed by atoms with E-state index >= 15 is 0 Å². The number of nitrogens with one attached hydrogen (secondary N) is 1. The standard InChI is InChI=1S/C25H25N3O3S2/c1-31-18-8-6-17(7-9-18)27-19(29)13-28-24-23(33-25(28)30)21(16-3-2-10-26-12-16)20-14-4-5-15(11-14)22(20)32-24/h2-3,6-10,12,14-15,20-22H,4-5,11,13H2,1H3,(H,27,29). The van der Waals surface area contributed by atoms with Crippen LogP contribution >= 0.6 is 23.1 Å². The molecule has 2 bridgehead atoms. The summed E-state index contributed by atoms with van der Waals surface area (Å²) in [5.74, 6) is 2.69. The van der Waals surface area contributed by atoms with Gasteiger partial charge in [0.1, 0.15) is 12.3 Å². The molecule has 6 rings (SSSR count). The fraction of sp³-hybridized carbons (Fsp3) is 0.400. The van der Waals surface area contributed by atoms with Gasteiger partial charge in [0.2, 0.25) is 5.91 Å². The van der Waals surface area contributed by atoms with Crippen molar-refractivity contribution in [3.63, 3.8) is 0 Å². The summed E-state index contributed by atoms with van der Waals surface area (Å²) in [6, 6.07) is 11.3. The van der Waals surface area contributed by atoms with E-state index in [1.165, 1.54) is 36.2 Å². The molecule has 2 fully saturated rings.